The monoisotopic (exact) mass is 361 g/mol. The van der Waals surface area contributed by atoms with Crippen LogP contribution in [0.15, 0.2) is 42.5 Å². The summed E-state index contributed by atoms with van der Waals surface area (Å²) in [6, 6.07) is 9.17. The summed E-state index contributed by atoms with van der Waals surface area (Å²) >= 11 is 0. The predicted octanol–water partition coefficient (Wildman–Crippen LogP) is 2.27. The van der Waals surface area contributed by atoms with E-state index in [9.17, 15) is 24.1 Å². The molecule has 0 radical (unpaired) electrons. The molecule has 2 N–H and O–H groups in total. The van der Waals surface area contributed by atoms with Gasteiger partial charge in [0.25, 0.3) is 17.5 Å². The average molecular weight is 361 g/mol. The number of nitrogens with one attached hydrogen (secondary N) is 2. The van der Waals surface area contributed by atoms with Gasteiger partial charge in [-0.15, -0.1) is 0 Å². The molecular weight excluding hydrogens is 345 g/mol. The number of halogens is 1. The molecule has 0 aliphatic rings. The number of nitrogens with zero attached hydrogens (tertiary/aromatic N) is 1. The first-order valence-corrected chi connectivity index (χ1v) is 7.56. The number of carbonyl (C=O) groups excluding carboxylic acids is 2. The summed E-state index contributed by atoms with van der Waals surface area (Å²) in [6.45, 7) is 2.89. The van der Waals surface area contributed by atoms with Gasteiger partial charge in [0.2, 0.25) is 0 Å². The van der Waals surface area contributed by atoms with Crippen LogP contribution < -0.4 is 15.6 Å². The predicted molar refractivity (Wildman–Crippen MR) is 89.9 cm³/mol. The van der Waals surface area contributed by atoms with Crippen LogP contribution in [0.1, 0.15) is 22.8 Å². The number of carbonyl (C=O) groups is 2. The van der Waals surface area contributed by atoms with Crippen molar-refractivity contribution in [1.29, 1.82) is 0 Å². The number of hydrogen-bond acceptors (Lipinski definition) is 5. The average Bonchev–Trinajstić information content (AvgIpc) is 2.61. The van der Waals surface area contributed by atoms with Gasteiger partial charge in [0.15, 0.2) is 6.10 Å². The summed E-state index contributed by atoms with van der Waals surface area (Å²) < 4.78 is 18.2. The van der Waals surface area contributed by atoms with Crippen LogP contribution in [-0.2, 0) is 4.79 Å². The van der Waals surface area contributed by atoms with Gasteiger partial charge in [0.1, 0.15) is 11.6 Å². The Morgan fingerprint density at radius 1 is 1.15 bits per heavy atom. The summed E-state index contributed by atoms with van der Waals surface area (Å²) in [5.41, 5.74) is 4.41. The van der Waals surface area contributed by atoms with E-state index in [4.69, 9.17) is 4.74 Å². The number of ether oxygens (including phenoxy) is 1. The van der Waals surface area contributed by atoms with Crippen LogP contribution in [0.25, 0.3) is 0 Å². The van der Waals surface area contributed by atoms with Gasteiger partial charge in [-0.2, -0.15) is 0 Å². The van der Waals surface area contributed by atoms with Crippen LogP contribution in [0.4, 0.5) is 10.1 Å². The van der Waals surface area contributed by atoms with E-state index < -0.39 is 28.7 Å². The van der Waals surface area contributed by atoms with E-state index in [1.165, 1.54) is 56.3 Å². The van der Waals surface area contributed by atoms with Crippen molar-refractivity contribution in [1.82, 2.24) is 10.9 Å². The molecule has 0 aliphatic carbocycles. The number of hydrogen-bond donors (Lipinski definition) is 2. The first kappa shape index (κ1) is 18.8. The second-order valence-corrected chi connectivity index (χ2v) is 5.36. The van der Waals surface area contributed by atoms with Gasteiger partial charge in [-0.1, -0.05) is 6.07 Å². The molecule has 26 heavy (non-hydrogen) atoms. The number of benzene rings is 2. The van der Waals surface area contributed by atoms with Crippen molar-refractivity contribution >= 4 is 17.5 Å². The molecule has 2 aromatic carbocycles. The summed E-state index contributed by atoms with van der Waals surface area (Å²) in [5.74, 6) is -1.50. The Labute approximate surface area is 148 Å². The van der Waals surface area contributed by atoms with E-state index in [1.807, 2.05) is 0 Å². The quantitative estimate of drug-likeness (QED) is 0.627. The Hall–Kier alpha value is -3.49. The molecule has 8 nitrogen and oxygen atoms in total. The van der Waals surface area contributed by atoms with Crippen LogP contribution in [0.2, 0.25) is 0 Å². The van der Waals surface area contributed by atoms with E-state index in [0.717, 1.165) is 0 Å². The first-order chi connectivity index (χ1) is 12.3. The Bertz CT molecular complexity index is 839. The second kappa shape index (κ2) is 8.06. The number of nitro benzene ring substituents is 1. The standard InChI is InChI=1S/C17H16FN3O5/c1-10-14(4-3-5-15(10)21(24)25)17(23)20-19-16(22)11(2)26-13-8-6-12(18)7-9-13/h3-9,11H,1-2H3,(H,19,22)(H,20,23). The maximum atomic E-state index is 12.8. The molecule has 2 rings (SSSR count). The molecule has 0 saturated heterocycles. The Morgan fingerprint density at radius 3 is 2.42 bits per heavy atom. The zero-order chi connectivity index (χ0) is 19.3. The Balaban J connectivity index is 1.96. The van der Waals surface area contributed by atoms with E-state index in [2.05, 4.69) is 10.9 Å². The molecule has 1 atom stereocenters. The maximum Gasteiger partial charge on any atom is 0.279 e. The smallest absolute Gasteiger partial charge is 0.279 e. The lowest BCUT2D eigenvalue weighted by molar-refractivity contribution is -0.385. The summed E-state index contributed by atoms with van der Waals surface area (Å²) in [6.07, 6.45) is -0.966. The molecule has 0 spiro atoms. The van der Waals surface area contributed by atoms with Crippen LogP contribution in [-0.4, -0.2) is 22.8 Å². The molecule has 0 heterocycles. The molecule has 2 amide bonds. The molecule has 9 heteroatoms. The molecule has 0 saturated carbocycles. The fraction of sp³-hybridized carbons (Fsp3) is 0.176. The molecule has 0 aliphatic heterocycles. The van der Waals surface area contributed by atoms with Crippen molar-refractivity contribution in [3.8, 4) is 5.75 Å². The number of rotatable bonds is 5. The van der Waals surface area contributed by atoms with Gasteiger partial charge in [-0.25, -0.2) is 4.39 Å². The van der Waals surface area contributed by atoms with E-state index >= 15 is 0 Å². The van der Waals surface area contributed by atoms with Crippen molar-refractivity contribution in [2.45, 2.75) is 20.0 Å². The van der Waals surface area contributed by atoms with Crippen LogP contribution >= 0.6 is 0 Å². The van der Waals surface area contributed by atoms with Crippen molar-refractivity contribution in [2.24, 2.45) is 0 Å². The summed E-state index contributed by atoms with van der Waals surface area (Å²) in [4.78, 5) is 34.4. The first-order valence-electron chi connectivity index (χ1n) is 7.56. The molecule has 2 aromatic rings. The Kier molecular flexibility index (Phi) is 5.84. The maximum absolute atomic E-state index is 12.8. The minimum Gasteiger partial charge on any atom is -0.481 e. The fourth-order valence-electron chi connectivity index (χ4n) is 2.13. The summed E-state index contributed by atoms with van der Waals surface area (Å²) in [7, 11) is 0. The van der Waals surface area contributed by atoms with E-state index in [0.29, 0.717) is 0 Å². The highest BCUT2D eigenvalue weighted by atomic mass is 19.1. The number of amides is 2. The van der Waals surface area contributed by atoms with Gasteiger partial charge in [0.05, 0.1) is 10.5 Å². The van der Waals surface area contributed by atoms with Gasteiger partial charge in [-0.3, -0.25) is 30.6 Å². The molecular formula is C17H16FN3O5. The third-order valence-electron chi connectivity index (χ3n) is 3.54. The molecule has 0 bridgehead atoms. The fourth-order valence-corrected chi connectivity index (χ4v) is 2.13. The lowest BCUT2D eigenvalue weighted by Gasteiger charge is -2.15. The Morgan fingerprint density at radius 2 is 1.81 bits per heavy atom. The third kappa shape index (κ3) is 4.53. The lowest BCUT2D eigenvalue weighted by Crippen LogP contribution is -2.47. The van der Waals surface area contributed by atoms with E-state index in [1.54, 1.807) is 0 Å². The summed E-state index contributed by atoms with van der Waals surface area (Å²) in [5, 5.41) is 10.9. The van der Waals surface area contributed by atoms with Gasteiger partial charge in [-0.05, 0) is 44.2 Å². The lowest BCUT2D eigenvalue weighted by atomic mass is 10.1. The van der Waals surface area contributed by atoms with E-state index in [-0.39, 0.29) is 22.6 Å². The minimum absolute atomic E-state index is 0.0617. The van der Waals surface area contributed by atoms with Gasteiger partial charge in [0, 0.05) is 11.6 Å². The van der Waals surface area contributed by atoms with Gasteiger partial charge >= 0.3 is 0 Å². The zero-order valence-corrected chi connectivity index (χ0v) is 14.0. The molecule has 1 unspecified atom stereocenters. The van der Waals surface area contributed by atoms with Crippen molar-refractivity contribution in [3.63, 3.8) is 0 Å². The molecule has 136 valence electrons. The highest BCUT2D eigenvalue weighted by Gasteiger charge is 2.20. The van der Waals surface area contributed by atoms with Crippen molar-refractivity contribution in [3.05, 3.63) is 69.5 Å². The molecule has 0 fully saturated rings. The van der Waals surface area contributed by atoms with Crippen molar-refractivity contribution in [2.75, 3.05) is 0 Å². The van der Waals surface area contributed by atoms with Gasteiger partial charge < -0.3 is 4.74 Å². The van der Waals surface area contributed by atoms with Crippen LogP contribution in [0.5, 0.6) is 5.75 Å². The zero-order valence-electron chi connectivity index (χ0n) is 14.0. The highest BCUT2D eigenvalue weighted by molar-refractivity contribution is 5.97. The van der Waals surface area contributed by atoms with Crippen molar-refractivity contribution < 1.29 is 23.6 Å². The molecule has 0 aromatic heterocycles. The number of hydrazine groups is 1. The third-order valence-corrected chi connectivity index (χ3v) is 3.54. The second-order valence-electron chi connectivity index (χ2n) is 5.36. The highest BCUT2D eigenvalue weighted by Crippen LogP contribution is 2.20. The largest absolute Gasteiger partial charge is 0.481 e. The number of nitro groups is 1. The minimum atomic E-state index is -0.966. The van der Waals surface area contributed by atoms with Crippen LogP contribution in [0.3, 0.4) is 0 Å². The topological polar surface area (TPSA) is 111 Å². The van der Waals surface area contributed by atoms with Crippen LogP contribution in [0, 0.1) is 22.9 Å². The SMILES string of the molecule is Cc1c(C(=O)NNC(=O)C(C)Oc2ccc(F)cc2)cccc1[N+](=O)[O-]. The normalized spacial score (nSPS) is 11.3.